The SMILES string of the molecule is CCCn1nnnc1NC(=O)c1ccccc1Br. The second-order valence-electron chi connectivity index (χ2n) is 3.66. The van der Waals surface area contributed by atoms with Gasteiger partial charge in [-0.2, -0.15) is 0 Å². The largest absolute Gasteiger partial charge is 0.289 e. The summed E-state index contributed by atoms with van der Waals surface area (Å²) in [6.45, 7) is 2.68. The van der Waals surface area contributed by atoms with E-state index in [1.807, 2.05) is 19.1 Å². The van der Waals surface area contributed by atoms with Gasteiger partial charge in [0.15, 0.2) is 0 Å². The van der Waals surface area contributed by atoms with Gasteiger partial charge >= 0.3 is 0 Å². The number of anilines is 1. The number of aromatic nitrogens is 4. The van der Waals surface area contributed by atoms with E-state index in [0.717, 1.165) is 10.9 Å². The highest BCUT2D eigenvalue weighted by molar-refractivity contribution is 9.10. The number of halogens is 1. The van der Waals surface area contributed by atoms with Crippen LogP contribution in [0.15, 0.2) is 28.7 Å². The van der Waals surface area contributed by atoms with Gasteiger partial charge in [0, 0.05) is 11.0 Å². The third kappa shape index (κ3) is 2.73. The lowest BCUT2D eigenvalue weighted by atomic mass is 10.2. The van der Waals surface area contributed by atoms with Gasteiger partial charge in [-0.3, -0.25) is 10.1 Å². The molecule has 1 heterocycles. The normalized spacial score (nSPS) is 10.3. The third-order valence-electron chi connectivity index (χ3n) is 2.31. The van der Waals surface area contributed by atoms with E-state index < -0.39 is 0 Å². The Morgan fingerprint density at radius 3 is 2.94 bits per heavy atom. The van der Waals surface area contributed by atoms with E-state index in [1.165, 1.54) is 0 Å². The third-order valence-corrected chi connectivity index (χ3v) is 3.00. The van der Waals surface area contributed by atoms with E-state index in [-0.39, 0.29) is 5.91 Å². The molecular formula is C11H12BrN5O. The summed E-state index contributed by atoms with van der Waals surface area (Å²) in [5.74, 6) is 0.118. The van der Waals surface area contributed by atoms with E-state index >= 15 is 0 Å². The predicted molar refractivity (Wildman–Crippen MR) is 70.2 cm³/mol. The first kappa shape index (κ1) is 12.7. The molecule has 0 saturated carbocycles. The monoisotopic (exact) mass is 309 g/mol. The van der Waals surface area contributed by atoms with Gasteiger partial charge < -0.3 is 0 Å². The molecular weight excluding hydrogens is 298 g/mol. The summed E-state index contributed by atoms with van der Waals surface area (Å²) >= 11 is 3.33. The fourth-order valence-electron chi connectivity index (χ4n) is 1.47. The molecule has 7 heteroatoms. The van der Waals surface area contributed by atoms with Gasteiger partial charge in [0.25, 0.3) is 5.91 Å². The Hall–Kier alpha value is -1.76. The van der Waals surface area contributed by atoms with E-state index in [9.17, 15) is 4.79 Å². The Labute approximate surface area is 113 Å². The first-order chi connectivity index (χ1) is 8.72. The molecule has 2 aromatic rings. The van der Waals surface area contributed by atoms with Crippen LogP contribution in [0.25, 0.3) is 0 Å². The molecule has 0 unspecified atom stereocenters. The van der Waals surface area contributed by atoms with Gasteiger partial charge in [0.2, 0.25) is 5.95 Å². The van der Waals surface area contributed by atoms with Crippen molar-refractivity contribution in [1.29, 1.82) is 0 Å². The van der Waals surface area contributed by atoms with Crippen molar-refractivity contribution in [3.05, 3.63) is 34.3 Å². The fourth-order valence-corrected chi connectivity index (χ4v) is 1.94. The second-order valence-corrected chi connectivity index (χ2v) is 4.51. The molecule has 0 saturated heterocycles. The van der Waals surface area contributed by atoms with Crippen molar-refractivity contribution in [3.8, 4) is 0 Å². The van der Waals surface area contributed by atoms with E-state index in [0.29, 0.717) is 18.1 Å². The van der Waals surface area contributed by atoms with Crippen LogP contribution < -0.4 is 5.32 Å². The molecule has 2 rings (SSSR count). The van der Waals surface area contributed by atoms with Crippen LogP contribution in [0, 0.1) is 0 Å². The first-order valence-electron chi connectivity index (χ1n) is 5.54. The van der Waals surface area contributed by atoms with Gasteiger partial charge in [-0.15, -0.1) is 0 Å². The molecule has 0 fully saturated rings. The van der Waals surface area contributed by atoms with E-state index in [2.05, 4.69) is 36.8 Å². The van der Waals surface area contributed by atoms with E-state index in [1.54, 1.807) is 16.8 Å². The highest BCUT2D eigenvalue weighted by Gasteiger charge is 2.13. The van der Waals surface area contributed by atoms with Crippen LogP contribution in [0.3, 0.4) is 0 Å². The Morgan fingerprint density at radius 2 is 2.22 bits per heavy atom. The average Bonchev–Trinajstić information content (AvgIpc) is 2.78. The summed E-state index contributed by atoms with van der Waals surface area (Å²) in [6.07, 6.45) is 0.892. The number of tetrazole rings is 1. The molecule has 1 amide bonds. The minimum atomic E-state index is -0.241. The summed E-state index contributed by atoms with van der Waals surface area (Å²) < 4.78 is 2.30. The summed E-state index contributed by atoms with van der Waals surface area (Å²) in [5.41, 5.74) is 0.545. The molecule has 0 radical (unpaired) electrons. The standard InChI is InChI=1S/C11H12BrN5O/c1-2-7-17-11(14-15-16-17)13-10(18)8-5-3-4-6-9(8)12/h3-6H,2,7H2,1H3,(H,13,14,16,18). The minimum absolute atomic E-state index is 0.241. The van der Waals surface area contributed by atoms with Gasteiger partial charge in [-0.05, 0) is 44.9 Å². The van der Waals surface area contributed by atoms with Crippen LogP contribution in [0.5, 0.6) is 0 Å². The van der Waals surface area contributed by atoms with Crippen LogP contribution in [0.2, 0.25) is 0 Å². The maximum Gasteiger partial charge on any atom is 0.259 e. The van der Waals surface area contributed by atoms with Crippen LogP contribution >= 0.6 is 15.9 Å². The van der Waals surface area contributed by atoms with Crippen LogP contribution in [-0.4, -0.2) is 26.1 Å². The van der Waals surface area contributed by atoms with Crippen molar-refractivity contribution in [1.82, 2.24) is 20.2 Å². The zero-order valence-electron chi connectivity index (χ0n) is 9.80. The van der Waals surface area contributed by atoms with Gasteiger partial charge in [-0.25, -0.2) is 4.68 Å². The van der Waals surface area contributed by atoms with Crippen molar-refractivity contribution in [3.63, 3.8) is 0 Å². The van der Waals surface area contributed by atoms with Gasteiger partial charge in [-0.1, -0.05) is 24.2 Å². The van der Waals surface area contributed by atoms with Crippen LogP contribution in [0.4, 0.5) is 5.95 Å². The van der Waals surface area contributed by atoms with Crippen LogP contribution in [-0.2, 0) is 6.54 Å². The Kier molecular flexibility index (Phi) is 4.03. The number of rotatable bonds is 4. The Balaban J connectivity index is 2.17. The number of amides is 1. The second kappa shape index (κ2) is 5.72. The molecule has 1 aromatic carbocycles. The lowest BCUT2D eigenvalue weighted by Gasteiger charge is -2.06. The van der Waals surface area contributed by atoms with Crippen molar-refractivity contribution >= 4 is 27.8 Å². The summed E-state index contributed by atoms with van der Waals surface area (Å²) in [7, 11) is 0. The number of carbonyl (C=O) groups is 1. The van der Waals surface area contributed by atoms with Gasteiger partial charge in [0.05, 0.1) is 5.56 Å². The number of nitrogens with one attached hydrogen (secondary N) is 1. The molecule has 1 N–H and O–H groups in total. The molecule has 0 spiro atoms. The van der Waals surface area contributed by atoms with Crippen LogP contribution in [0.1, 0.15) is 23.7 Å². The minimum Gasteiger partial charge on any atom is -0.289 e. The molecule has 0 bridgehead atoms. The van der Waals surface area contributed by atoms with Crippen molar-refractivity contribution in [2.45, 2.75) is 19.9 Å². The first-order valence-corrected chi connectivity index (χ1v) is 6.33. The number of hydrogen-bond acceptors (Lipinski definition) is 4. The topological polar surface area (TPSA) is 72.7 Å². The molecule has 0 atom stereocenters. The Bertz CT molecular complexity index is 554. The molecule has 0 aliphatic rings. The molecule has 1 aromatic heterocycles. The maximum atomic E-state index is 12.0. The number of carbonyl (C=O) groups excluding carboxylic acids is 1. The van der Waals surface area contributed by atoms with E-state index in [4.69, 9.17) is 0 Å². The summed E-state index contributed by atoms with van der Waals surface area (Å²) in [5, 5.41) is 13.8. The Morgan fingerprint density at radius 1 is 1.44 bits per heavy atom. The zero-order chi connectivity index (χ0) is 13.0. The quantitative estimate of drug-likeness (QED) is 0.938. The lowest BCUT2D eigenvalue weighted by Crippen LogP contribution is -2.17. The molecule has 0 aliphatic heterocycles. The van der Waals surface area contributed by atoms with Gasteiger partial charge in [0.1, 0.15) is 0 Å². The fraction of sp³-hybridized carbons (Fsp3) is 0.273. The summed E-state index contributed by atoms with van der Waals surface area (Å²) in [4.78, 5) is 12.0. The molecule has 0 aliphatic carbocycles. The maximum absolute atomic E-state index is 12.0. The molecule has 94 valence electrons. The van der Waals surface area contributed by atoms with Crippen molar-refractivity contribution in [2.24, 2.45) is 0 Å². The number of nitrogens with zero attached hydrogens (tertiary/aromatic N) is 4. The molecule has 18 heavy (non-hydrogen) atoms. The number of hydrogen-bond donors (Lipinski definition) is 1. The predicted octanol–water partition coefficient (Wildman–Crippen LogP) is 2.10. The number of benzene rings is 1. The zero-order valence-corrected chi connectivity index (χ0v) is 11.4. The van der Waals surface area contributed by atoms with Crippen molar-refractivity contribution in [2.75, 3.05) is 5.32 Å². The van der Waals surface area contributed by atoms with Crippen molar-refractivity contribution < 1.29 is 4.79 Å². The average molecular weight is 310 g/mol. The lowest BCUT2D eigenvalue weighted by molar-refractivity contribution is 0.102. The highest BCUT2D eigenvalue weighted by atomic mass is 79.9. The summed E-state index contributed by atoms with van der Waals surface area (Å²) in [6, 6.07) is 7.19. The highest BCUT2D eigenvalue weighted by Crippen LogP contribution is 2.16. The molecule has 6 nitrogen and oxygen atoms in total. The number of aryl methyl sites for hydroxylation is 1. The smallest absolute Gasteiger partial charge is 0.259 e.